The molecule has 0 spiro atoms. The number of hydrogen-bond acceptors (Lipinski definition) is 6. The minimum atomic E-state index is -0.808. The maximum atomic E-state index is 12.9. The summed E-state index contributed by atoms with van der Waals surface area (Å²) < 4.78 is 16.8. The Hall–Kier alpha value is -4.45. The Morgan fingerprint density at radius 3 is 0.827 bits per heavy atom. The molecule has 1 unspecified atom stereocenters. The third-order valence-corrected chi connectivity index (χ3v) is 14.2. The smallest absolute Gasteiger partial charge is 0.306 e. The van der Waals surface area contributed by atoms with Gasteiger partial charge in [0, 0.05) is 19.3 Å². The Kier molecular flexibility index (Phi) is 64.3. The van der Waals surface area contributed by atoms with E-state index in [-0.39, 0.29) is 37.5 Å². The number of ether oxygens (including phenoxy) is 3. The minimum absolute atomic E-state index is 0.1000. The first-order valence-electron chi connectivity index (χ1n) is 33.7. The molecule has 1 atom stereocenters. The van der Waals surface area contributed by atoms with Crippen LogP contribution in [-0.4, -0.2) is 37.2 Å². The van der Waals surface area contributed by atoms with Crippen LogP contribution in [0.25, 0.3) is 0 Å². The van der Waals surface area contributed by atoms with E-state index < -0.39 is 6.10 Å². The van der Waals surface area contributed by atoms with Crippen LogP contribution >= 0.6 is 0 Å². The molecule has 0 saturated carbocycles. The van der Waals surface area contributed by atoms with Gasteiger partial charge in [-0.3, -0.25) is 14.4 Å². The lowest BCUT2D eigenvalue weighted by Gasteiger charge is -2.18. The Balaban J connectivity index is 4.21. The van der Waals surface area contributed by atoms with Crippen LogP contribution < -0.4 is 0 Å². The molecule has 0 bridgehead atoms. The molecule has 0 aromatic rings. The molecule has 0 aromatic heterocycles. The van der Waals surface area contributed by atoms with Crippen LogP contribution in [0, 0.1) is 0 Å². The topological polar surface area (TPSA) is 78.9 Å². The maximum Gasteiger partial charge on any atom is 0.306 e. The van der Waals surface area contributed by atoms with Crippen LogP contribution in [0.4, 0.5) is 0 Å². The van der Waals surface area contributed by atoms with E-state index in [0.717, 1.165) is 109 Å². The fourth-order valence-electron chi connectivity index (χ4n) is 9.20. The van der Waals surface area contributed by atoms with Crippen LogP contribution in [0.2, 0.25) is 0 Å². The van der Waals surface area contributed by atoms with E-state index in [0.29, 0.717) is 19.3 Å². The van der Waals surface area contributed by atoms with Crippen molar-refractivity contribution in [1.29, 1.82) is 0 Å². The highest BCUT2D eigenvalue weighted by Gasteiger charge is 2.19. The van der Waals surface area contributed by atoms with Crippen LogP contribution in [-0.2, 0) is 28.6 Å². The molecule has 0 rings (SSSR count). The molecule has 0 aliphatic carbocycles. The third-order valence-electron chi connectivity index (χ3n) is 14.2. The van der Waals surface area contributed by atoms with Crippen LogP contribution in [0.3, 0.4) is 0 Å². The number of carbonyl (C=O) groups excluding carboxylic acids is 3. The maximum absolute atomic E-state index is 12.9. The largest absolute Gasteiger partial charge is 0.462 e. The average Bonchev–Trinajstić information content (AvgIpc) is 3.46. The second-order valence-electron chi connectivity index (χ2n) is 22.0. The SMILES string of the molecule is CC/C=C\C/C=C\C/C=C\C/C=C\C/C=C\C/C=C\C/C=C\CCCCCCCCCCCCCCCC(=O)OCC(COC(=O)CC/C=C\C/C=C\C/C=C\C/C=C\CC)OC(=O)CCCCCCCCCCCCCCCCC. The van der Waals surface area contributed by atoms with Crippen molar-refractivity contribution < 1.29 is 28.6 Å². The summed E-state index contributed by atoms with van der Waals surface area (Å²) in [7, 11) is 0. The second-order valence-corrected chi connectivity index (χ2v) is 22.0. The summed E-state index contributed by atoms with van der Waals surface area (Å²) in [5.74, 6) is -0.979. The molecule has 0 aliphatic heterocycles. The van der Waals surface area contributed by atoms with Gasteiger partial charge in [-0.2, -0.15) is 0 Å². The van der Waals surface area contributed by atoms with Gasteiger partial charge in [-0.25, -0.2) is 0 Å². The van der Waals surface area contributed by atoms with Crippen molar-refractivity contribution >= 4 is 17.9 Å². The van der Waals surface area contributed by atoms with E-state index >= 15 is 0 Å². The third kappa shape index (κ3) is 66.2. The monoisotopic (exact) mass is 1120 g/mol. The Morgan fingerprint density at radius 2 is 0.506 bits per heavy atom. The van der Waals surface area contributed by atoms with Gasteiger partial charge < -0.3 is 14.2 Å². The van der Waals surface area contributed by atoms with Crippen molar-refractivity contribution in [2.45, 2.75) is 309 Å². The van der Waals surface area contributed by atoms with Gasteiger partial charge in [-0.05, 0) is 103 Å². The fraction of sp³-hybridized carbons (Fsp3) is 0.667. The predicted octanol–water partition coefficient (Wildman–Crippen LogP) is 23.3. The van der Waals surface area contributed by atoms with Gasteiger partial charge in [0.1, 0.15) is 13.2 Å². The lowest BCUT2D eigenvalue weighted by molar-refractivity contribution is -0.166. The van der Waals surface area contributed by atoms with E-state index in [1.807, 2.05) is 6.08 Å². The molecule has 0 fully saturated rings. The standard InChI is InChI=1S/C75H124O6/c1-4-7-10-13-16-19-22-25-27-28-29-30-31-32-33-34-35-36-37-38-39-40-41-42-43-44-45-46-48-50-53-56-59-62-65-68-74(77)80-71-72(70-79-73(76)67-64-61-58-55-52-49-24-21-18-15-12-9-6-3)81-75(78)69-66-63-60-57-54-51-47-26-23-20-17-14-11-8-5-2/h7,9-10,12,16,18-19,21,25,27,29-30,32-33,35-36,38-39,49,52,58,61,72H,4-6,8,11,13-15,17,20,22-24,26,28,31,34,37,40-48,50-51,53-57,59-60,62-71H2,1-3H3/b10-7-,12-9-,19-16-,21-18-,27-25-,30-29-,33-32-,36-35-,39-38-,52-49-,61-58-. The van der Waals surface area contributed by atoms with Crippen molar-refractivity contribution in [3.05, 3.63) is 134 Å². The summed E-state index contributed by atoms with van der Waals surface area (Å²) in [5, 5.41) is 0. The summed E-state index contributed by atoms with van der Waals surface area (Å²) in [4.78, 5) is 38.2. The van der Waals surface area contributed by atoms with Crippen molar-refractivity contribution in [3.8, 4) is 0 Å². The first-order chi connectivity index (χ1) is 40.0. The second kappa shape index (κ2) is 68.1. The molecule has 0 radical (unpaired) electrons. The van der Waals surface area contributed by atoms with E-state index in [4.69, 9.17) is 14.2 Å². The molecular weight excluding hydrogens is 997 g/mol. The number of allylic oxidation sites excluding steroid dienone is 22. The molecule has 0 aromatic carbocycles. The van der Waals surface area contributed by atoms with E-state index in [9.17, 15) is 14.4 Å². The van der Waals surface area contributed by atoms with Crippen molar-refractivity contribution in [2.24, 2.45) is 0 Å². The van der Waals surface area contributed by atoms with Gasteiger partial charge >= 0.3 is 17.9 Å². The highest BCUT2D eigenvalue weighted by Crippen LogP contribution is 2.17. The highest BCUT2D eigenvalue weighted by molar-refractivity contribution is 5.71. The summed E-state index contributed by atoms with van der Waals surface area (Å²) >= 11 is 0. The summed E-state index contributed by atoms with van der Waals surface area (Å²) in [6, 6.07) is 0. The Bertz CT molecular complexity index is 1720. The first-order valence-corrected chi connectivity index (χ1v) is 33.7. The molecule has 81 heavy (non-hydrogen) atoms. The molecule has 0 amide bonds. The zero-order valence-electron chi connectivity index (χ0n) is 52.8. The van der Waals surface area contributed by atoms with E-state index in [1.54, 1.807) is 0 Å². The van der Waals surface area contributed by atoms with Crippen LogP contribution in [0.15, 0.2) is 134 Å². The summed E-state index contributed by atoms with van der Waals surface area (Å²) in [6.45, 7) is 6.36. The highest BCUT2D eigenvalue weighted by atomic mass is 16.6. The molecular formula is C75H124O6. The number of carbonyl (C=O) groups is 3. The van der Waals surface area contributed by atoms with Gasteiger partial charge in [0.25, 0.3) is 0 Å². The van der Waals surface area contributed by atoms with Gasteiger partial charge in [-0.15, -0.1) is 0 Å². The van der Waals surface area contributed by atoms with Gasteiger partial charge in [0.15, 0.2) is 6.10 Å². The van der Waals surface area contributed by atoms with Gasteiger partial charge in [0.2, 0.25) is 0 Å². The molecule has 0 aliphatic rings. The van der Waals surface area contributed by atoms with Gasteiger partial charge in [-0.1, -0.05) is 315 Å². The Labute approximate surface area is 500 Å². The Morgan fingerprint density at radius 1 is 0.259 bits per heavy atom. The summed E-state index contributed by atoms with van der Waals surface area (Å²) in [6.07, 6.45) is 96.4. The van der Waals surface area contributed by atoms with E-state index in [2.05, 4.69) is 148 Å². The normalized spacial score (nSPS) is 13.0. The zero-order chi connectivity index (χ0) is 58.5. The lowest BCUT2D eigenvalue weighted by atomic mass is 10.0. The summed E-state index contributed by atoms with van der Waals surface area (Å²) in [5.41, 5.74) is 0. The number of esters is 3. The van der Waals surface area contributed by atoms with Crippen molar-refractivity contribution in [2.75, 3.05) is 13.2 Å². The first kappa shape index (κ1) is 76.5. The zero-order valence-corrected chi connectivity index (χ0v) is 52.8. The molecule has 6 heteroatoms. The fourth-order valence-corrected chi connectivity index (χ4v) is 9.20. The van der Waals surface area contributed by atoms with Gasteiger partial charge in [0.05, 0.1) is 0 Å². The molecule has 460 valence electrons. The number of unbranched alkanes of at least 4 members (excludes halogenated alkanes) is 27. The van der Waals surface area contributed by atoms with E-state index in [1.165, 1.54) is 148 Å². The number of rotatable bonds is 60. The quantitative estimate of drug-likeness (QED) is 0.0261. The number of hydrogen-bond donors (Lipinski definition) is 0. The van der Waals surface area contributed by atoms with Crippen LogP contribution in [0.5, 0.6) is 0 Å². The average molecular weight is 1120 g/mol. The molecule has 0 N–H and O–H groups in total. The predicted molar refractivity (Wildman–Crippen MR) is 353 cm³/mol. The molecule has 0 saturated heterocycles. The lowest BCUT2D eigenvalue weighted by Crippen LogP contribution is -2.30. The minimum Gasteiger partial charge on any atom is -0.462 e. The molecule has 6 nitrogen and oxygen atoms in total. The van der Waals surface area contributed by atoms with Crippen molar-refractivity contribution in [3.63, 3.8) is 0 Å². The van der Waals surface area contributed by atoms with Crippen LogP contribution in [0.1, 0.15) is 303 Å². The van der Waals surface area contributed by atoms with Crippen molar-refractivity contribution in [1.82, 2.24) is 0 Å². The molecule has 0 heterocycles.